The first kappa shape index (κ1) is 35.2. The number of nitrogens with one attached hydrogen (secondary N) is 2. The fourth-order valence-corrected chi connectivity index (χ4v) is 3.74. The van der Waals surface area contributed by atoms with Gasteiger partial charge in [0.1, 0.15) is 13.2 Å². The first-order valence-corrected chi connectivity index (χ1v) is 13.7. The number of pyridine rings is 2. The van der Waals surface area contributed by atoms with Crippen molar-refractivity contribution >= 4 is 24.2 Å². The van der Waals surface area contributed by atoms with E-state index in [0.717, 1.165) is 0 Å². The smallest absolute Gasteiger partial charge is 0.272 e. The third-order valence-corrected chi connectivity index (χ3v) is 5.95. The van der Waals surface area contributed by atoms with Crippen molar-refractivity contribution in [3.8, 4) is 23.0 Å². The summed E-state index contributed by atoms with van der Waals surface area (Å²) in [6, 6.07) is 17.2. The molecule has 0 unspecified atom stereocenters. The van der Waals surface area contributed by atoms with Crippen molar-refractivity contribution in [2.45, 2.75) is 0 Å². The predicted octanol–water partition coefficient (Wildman–Crippen LogP) is 3.49. The Hall–Kier alpha value is -5.30. The number of benzene rings is 2. The molecule has 0 radical (unpaired) electrons. The second-order valence-electron chi connectivity index (χ2n) is 9.01. The average Bonchev–Trinajstić information content (AvgIpc) is 3.09. The molecule has 240 valence electrons. The van der Waals surface area contributed by atoms with Gasteiger partial charge in [0.15, 0.2) is 23.0 Å². The van der Waals surface area contributed by atoms with Crippen LogP contribution in [-0.2, 0) is 21.8 Å². The van der Waals surface area contributed by atoms with Gasteiger partial charge in [-0.2, -0.15) is 10.2 Å². The van der Waals surface area contributed by atoms with Crippen LogP contribution >= 0.6 is 0 Å². The van der Waals surface area contributed by atoms with E-state index in [2.05, 4.69) is 31.0 Å². The number of rotatable bonds is 16. The molecule has 2 heterocycles. The third kappa shape index (κ3) is 11.0. The Kier molecular flexibility index (Phi) is 14.7. The zero-order valence-corrected chi connectivity index (χ0v) is 26.2. The summed E-state index contributed by atoms with van der Waals surface area (Å²) < 4.78 is 28.1. The number of carbonyl (C=O) groups excluding carboxylic acids is 2. The molecule has 0 aliphatic heterocycles. The molecule has 4 rings (SSSR count). The Morgan fingerprint density at radius 1 is 0.674 bits per heavy atom. The number of ether oxygens (including phenoxy) is 5. The number of hydrogen-bond donors (Lipinski definition) is 2. The fourth-order valence-electron chi connectivity index (χ4n) is 3.74. The Balaban J connectivity index is 0.00000576. The van der Waals surface area contributed by atoms with Crippen LogP contribution in [0.25, 0.3) is 0 Å². The molecule has 0 atom stereocenters. The van der Waals surface area contributed by atoms with E-state index in [0.29, 0.717) is 71.7 Å². The molecule has 0 saturated carbocycles. The molecule has 13 nitrogen and oxygen atoms in total. The predicted molar refractivity (Wildman–Crippen MR) is 166 cm³/mol. The number of methoxy groups -OCH3 is 2. The van der Waals surface area contributed by atoms with E-state index in [4.69, 9.17) is 23.7 Å². The van der Waals surface area contributed by atoms with Crippen LogP contribution in [0.1, 0.15) is 31.8 Å². The Morgan fingerprint density at radius 3 is 1.52 bits per heavy atom. The molecule has 4 aromatic rings. The molecule has 0 spiro atoms. The zero-order chi connectivity index (χ0) is 31.7. The van der Waals surface area contributed by atoms with E-state index in [-0.39, 0.29) is 28.9 Å². The van der Waals surface area contributed by atoms with Gasteiger partial charge >= 0.3 is 0 Å². The zero-order valence-electron chi connectivity index (χ0n) is 25.1. The second kappa shape index (κ2) is 19.2. The summed E-state index contributed by atoms with van der Waals surface area (Å²) in [6.07, 6.45) is 9.11. The van der Waals surface area contributed by atoms with Crippen molar-refractivity contribution in [3.05, 3.63) is 108 Å². The van der Waals surface area contributed by atoms with Crippen LogP contribution < -0.4 is 29.8 Å². The maximum atomic E-state index is 12.1. The van der Waals surface area contributed by atoms with E-state index >= 15 is 0 Å². The summed E-state index contributed by atoms with van der Waals surface area (Å²) in [4.78, 5) is 32.0. The second-order valence-corrected chi connectivity index (χ2v) is 9.01. The monoisotopic (exact) mass is 668 g/mol. The molecule has 2 aromatic heterocycles. The molecule has 0 fully saturated rings. The maximum Gasteiger partial charge on any atom is 0.272 e. The average molecular weight is 668 g/mol. The van der Waals surface area contributed by atoms with Gasteiger partial charge in [-0.05, 0) is 71.8 Å². The molecule has 0 saturated heterocycles. The molecule has 0 aliphatic rings. The van der Waals surface area contributed by atoms with Gasteiger partial charge in [-0.1, -0.05) is 0 Å². The Morgan fingerprint density at radius 2 is 1.13 bits per heavy atom. The van der Waals surface area contributed by atoms with Gasteiger partial charge in [0.25, 0.3) is 11.8 Å². The number of carbonyl (C=O) groups is 2. The van der Waals surface area contributed by atoms with Gasteiger partial charge < -0.3 is 23.7 Å². The Labute approximate surface area is 276 Å². The van der Waals surface area contributed by atoms with Crippen LogP contribution in [0.5, 0.6) is 23.0 Å². The summed E-state index contributed by atoms with van der Waals surface area (Å²) in [6.45, 7) is 1.24. The van der Waals surface area contributed by atoms with Crippen LogP contribution in [0.2, 0.25) is 0 Å². The topological polar surface area (TPSA) is 155 Å². The van der Waals surface area contributed by atoms with Crippen molar-refractivity contribution < 1.29 is 50.3 Å². The maximum absolute atomic E-state index is 12.1. The number of aromatic nitrogens is 2. The molecule has 2 aromatic carbocycles. The van der Waals surface area contributed by atoms with E-state index in [1.807, 2.05) is 0 Å². The molecule has 2 amide bonds. The summed E-state index contributed by atoms with van der Waals surface area (Å²) in [7, 11) is 3.08. The van der Waals surface area contributed by atoms with Gasteiger partial charge in [-0.3, -0.25) is 19.6 Å². The van der Waals surface area contributed by atoms with Gasteiger partial charge in [0.2, 0.25) is 0 Å². The number of hydrazone groups is 2. The first-order chi connectivity index (χ1) is 22.1. The van der Waals surface area contributed by atoms with E-state index in [1.165, 1.54) is 39.0 Å². The summed E-state index contributed by atoms with van der Waals surface area (Å²) >= 11 is 0. The van der Waals surface area contributed by atoms with Crippen molar-refractivity contribution in [1.29, 1.82) is 0 Å². The first-order valence-electron chi connectivity index (χ1n) is 13.7. The molecule has 0 bridgehead atoms. The van der Waals surface area contributed by atoms with E-state index < -0.39 is 0 Å². The van der Waals surface area contributed by atoms with E-state index in [9.17, 15) is 9.59 Å². The molecule has 0 aliphatic carbocycles. The van der Waals surface area contributed by atoms with Crippen LogP contribution in [0.15, 0.2) is 95.7 Å². The molecule has 14 heteroatoms. The minimum atomic E-state index is -0.361. The summed E-state index contributed by atoms with van der Waals surface area (Å²) in [5.41, 5.74) is 7.16. The fraction of sp³-hybridized carbons (Fsp3) is 0.188. The van der Waals surface area contributed by atoms with Crippen LogP contribution in [0.4, 0.5) is 0 Å². The van der Waals surface area contributed by atoms with Crippen LogP contribution in [-0.4, -0.2) is 74.9 Å². The van der Waals surface area contributed by atoms with Gasteiger partial charge in [-0.25, -0.2) is 10.9 Å². The quantitative estimate of drug-likeness (QED) is 0.0791. The standard InChI is InChI=1S/C32H32N6O7.Fe/c1-41-29-17-23(19-35-37-31(39)25-5-3-11-33-21-25)7-9-27(29)44-15-13-43-14-16-45-28-10-8-24(18-30(28)42-2)20-36-38-32(40)26-6-4-12-34-22-26;/h3-12,17-22H,13-16H2,1-2H3,(H,37,39)(H,38,40);. The number of amides is 2. The summed E-state index contributed by atoms with van der Waals surface area (Å²) in [5, 5.41) is 7.96. The normalized spacial score (nSPS) is 10.7. The van der Waals surface area contributed by atoms with Crippen LogP contribution in [0.3, 0.4) is 0 Å². The van der Waals surface area contributed by atoms with Crippen molar-refractivity contribution in [2.75, 3.05) is 40.6 Å². The van der Waals surface area contributed by atoms with Crippen molar-refractivity contribution in [3.63, 3.8) is 0 Å². The molecule has 2 N–H and O–H groups in total. The molecule has 46 heavy (non-hydrogen) atoms. The minimum Gasteiger partial charge on any atom is -0.493 e. The molecular formula is C32H32FeN6O7. The van der Waals surface area contributed by atoms with Gasteiger partial charge in [-0.15, -0.1) is 0 Å². The van der Waals surface area contributed by atoms with E-state index in [1.54, 1.807) is 73.1 Å². The van der Waals surface area contributed by atoms with Crippen molar-refractivity contribution in [1.82, 2.24) is 20.8 Å². The van der Waals surface area contributed by atoms with Crippen molar-refractivity contribution in [2.24, 2.45) is 10.2 Å². The van der Waals surface area contributed by atoms with Gasteiger partial charge in [0.05, 0.1) is 51.0 Å². The third-order valence-electron chi connectivity index (χ3n) is 5.95. The molecular weight excluding hydrogens is 636 g/mol. The largest absolute Gasteiger partial charge is 0.493 e. The van der Waals surface area contributed by atoms with Crippen LogP contribution in [0, 0.1) is 0 Å². The Bertz CT molecular complexity index is 1490. The number of nitrogens with zero attached hydrogens (tertiary/aromatic N) is 4. The SMILES string of the molecule is COc1cc(C=NNC(=O)c2cccnc2)ccc1OCCOCCOc1ccc(C=NNC(=O)c2cccnc2)cc1OC.[Fe]. The van der Waals surface area contributed by atoms with Gasteiger partial charge in [0, 0.05) is 41.9 Å². The minimum absolute atomic E-state index is 0. The summed E-state index contributed by atoms with van der Waals surface area (Å²) in [5.74, 6) is 1.38. The number of hydrogen-bond acceptors (Lipinski definition) is 11.